The molecule has 0 aromatic carbocycles. The van der Waals surface area contributed by atoms with Gasteiger partial charge in [0.05, 0.1) is 5.76 Å². The van der Waals surface area contributed by atoms with Gasteiger partial charge in [0, 0.05) is 26.4 Å². The van der Waals surface area contributed by atoms with Crippen molar-refractivity contribution in [3.05, 3.63) is 47.3 Å². The summed E-state index contributed by atoms with van der Waals surface area (Å²) in [5.41, 5.74) is 3.53. The number of carbonyl (C=O) groups is 1. The van der Waals surface area contributed by atoms with Gasteiger partial charge in [-0.15, -0.1) is 6.42 Å². The third-order valence-electron chi connectivity index (χ3n) is 5.49. The zero-order chi connectivity index (χ0) is 19.3. The first-order chi connectivity index (χ1) is 12.3. The van der Waals surface area contributed by atoms with E-state index in [1.54, 1.807) is 13.0 Å². The Bertz CT molecular complexity index is 683. The maximum atomic E-state index is 11.3. The van der Waals surface area contributed by atoms with Crippen LogP contribution in [0.15, 0.2) is 47.3 Å². The molecule has 26 heavy (non-hydrogen) atoms. The SMILES string of the molecule is C#C/C=C(\C=C(\O)CC1C=C(C)CCC1C(=C)C)CC1CN(C(C)=O)C1. The number of hydrogen-bond donors (Lipinski definition) is 1. The molecule has 2 rings (SSSR count). The van der Waals surface area contributed by atoms with Gasteiger partial charge < -0.3 is 10.0 Å². The minimum Gasteiger partial charge on any atom is -0.512 e. The number of terminal acetylenes is 1. The van der Waals surface area contributed by atoms with Crippen molar-refractivity contribution >= 4 is 5.91 Å². The van der Waals surface area contributed by atoms with Gasteiger partial charge in [-0.05, 0) is 68.6 Å². The maximum absolute atomic E-state index is 11.3. The van der Waals surface area contributed by atoms with Crippen LogP contribution in [0.2, 0.25) is 0 Å². The summed E-state index contributed by atoms with van der Waals surface area (Å²) in [5, 5.41) is 10.6. The Labute approximate surface area is 158 Å². The van der Waals surface area contributed by atoms with Crippen LogP contribution in [-0.4, -0.2) is 29.0 Å². The summed E-state index contributed by atoms with van der Waals surface area (Å²) in [5.74, 6) is 4.20. The van der Waals surface area contributed by atoms with Crippen LogP contribution in [0, 0.1) is 30.1 Å². The van der Waals surface area contributed by atoms with Gasteiger partial charge in [0.15, 0.2) is 0 Å². The summed E-state index contributed by atoms with van der Waals surface area (Å²) >= 11 is 0. The van der Waals surface area contributed by atoms with E-state index in [1.165, 1.54) is 11.1 Å². The quantitative estimate of drug-likeness (QED) is 0.323. The van der Waals surface area contributed by atoms with Crippen molar-refractivity contribution in [3.8, 4) is 12.3 Å². The molecule has 3 heteroatoms. The second-order valence-corrected chi connectivity index (χ2v) is 7.89. The number of likely N-dealkylation sites (tertiary alicyclic amines) is 1. The van der Waals surface area contributed by atoms with E-state index in [0.29, 0.717) is 29.9 Å². The molecule has 1 amide bonds. The van der Waals surface area contributed by atoms with Gasteiger partial charge in [-0.2, -0.15) is 0 Å². The number of aliphatic hydroxyl groups excluding tert-OH is 1. The molecule has 0 aromatic heterocycles. The van der Waals surface area contributed by atoms with Crippen molar-refractivity contribution in [2.24, 2.45) is 17.8 Å². The molecule has 3 nitrogen and oxygen atoms in total. The molecular weight excluding hydrogens is 322 g/mol. The van der Waals surface area contributed by atoms with Gasteiger partial charge in [-0.25, -0.2) is 0 Å². The highest BCUT2D eigenvalue weighted by molar-refractivity contribution is 5.74. The van der Waals surface area contributed by atoms with E-state index in [2.05, 4.69) is 32.4 Å². The minimum atomic E-state index is 0.118. The molecule has 1 fully saturated rings. The van der Waals surface area contributed by atoms with E-state index in [1.807, 2.05) is 11.0 Å². The molecule has 140 valence electrons. The molecule has 2 aliphatic rings. The lowest BCUT2D eigenvalue weighted by atomic mass is 9.75. The number of rotatable bonds is 6. The Hall–Kier alpha value is -2.21. The Morgan fingerprint density at radius 3 is 2.69 bits per heavy atom. The molecule has 0 radical (unpaired) electrons. The van der Waals surface area contributed by atoms with Crippen LogP contribution in [0.4, 0.5) is 0 Å². The van der Waals surface area contributed by atoms with E-state index in [4.69, 9.17) is 6.42 Å². The largest absolute Gasteiger partial charge is 0.512 e. The summed E-state index contributed by atoms with van der Waals surface area (Å²) in [7, 11) is 0. The number of amides is 1. The van der Waals surface area contributed by atoms with E-state index in [9.17, 15) is 9.90 Å². The first-order valence-electron chi connectivity index (χ1n) is 9.43. The highest BCUT2D eigenvalue weighted by Crippen LogP contribution is 2.36. The van der Waals surface area contributed by atoms with Crippen molar-refractivity contribution < 1.29 is 9.90 Å². The zero-order valence-electron chi connectivity index (χ0n) is 16.3. The lowest BCUT2D eigenvalue weighted by Gasteiger charge is -2.39. The topological polar surface area (TPSA) is 40.5 Å². The monoisotopic (exact) mass is 353 g/mol. The van der Waals surface area contributed by atoms with Crippen LogP contribution in [0.1, 0.15) is 46.5 Å². The van der Waals surface area contributed by atoms with Gasteiger partial charge in [0.2, 0.25) is 5.91 Å². The zero-order valence-corrected chi connectivity index (χ0v) is 16.3. The van der Waals surface area contributed by atoms with Gasteiger partial charge in [-0.3, -0.25) is 4.79 Å². The van der Waals surface area contributed by atoms with Crippen molar-refractivity contribution in [3.63, 3.8) is 0 Å². The molecule has 0 saturated carbocycles. The summed E-state index contributed by atoms with van der Waals surface area (Å²) in [6.07, 6.45) is 14.9. The molecule has 1 heterocycles. The molecule has 2 unspecified atom stereocenters. The van der Waals surface area contributed by atoms with Crippen LogP contribution in [0.5, 0.6) is 0 Å². The standard InChI is InChI=1S/C23H31NO2/c1-6-7-19(11-20-14-24(15-20)18(5)25)12-22(26)13-21-10-17(4)8-9-23(21)16(2)3/h1,7,10,12,20-21,23,26H,2,8-9,11,13-15H2,3-5H3/b19-7-,22-12+. The van der Waals surface area contributed by atoms with Gasteiger partial charge in [0.1, 0.15) is 0 Å². The van der Waals surface area contributed by atoms with Gasteiger partial charge in [0.25, 0.3) is 0 Å². The predicted molar refractivity (Wildman–Crippen MR) is 107 cm³/mol. The van der Waals surface area contributed by atoms with Crippen molar-refractivity contribution in [2.75, 3.05) is 13.1 Å². The number of hydrogen-bond acceptors (Lipinski definition) is 2. The molecule has 1 N–H and O–H groups in total. The lowest BCUT2D eigenvalue weighted by Crippen LogP contribution is -2.49. The van der Waals surface area contributed by atoms with Crippen LogP contribution >= 0.6 is 0 Å². The van der Waals surface area contributed by atoms with Crippen LogP contribution in [-0.2, 0) is 4.79 Å². The molecule has 0 spiro atoms. The van der Waals surface area contributed by atoms with Crippen molar-refractivity contribution in [1.82, 2.24) is 4.90 Å². The maximum Gasteiger partial charge on any atom is 0.219 e. The Balaban J connectivity index is 2.02. The molecule has 1 aliphatic heterocycles. The fourth-order valence-electron chi connectivity index (χ4n) is 4.05. The highest BCUT2D eigenvalue weighted by atomic mass is 16.3. The Kier molecular flexibility index (Phi) is 6.91. The second kappa shape index (κ2) is 8.94. The summed E-state index contributed by atoms with van der Waals surface area (Å²) < 4.78 is 0. The second-order valence-electron chi connectivity index (χ2n) is 7.89. The number of nitrogens with zero attached hydrogens (tertiary/aromatic N) is 1. The average molecular weight is 354 g/mol. The normalized spacial score (nSPS) is 24.5. The summed E-state index contributed by atoms with van der Waals surface area (Å²) in [6, 6.07) is 0. The summed E-state index contributed by atoms with van der Waals surface area (Å²) in [6.45, 7) is 11.5. The predicted octanol–water partition coefficient (Wildman–Crippen LogP) is 4.80. The minimum absolute atomic E-state index is 0.118. The van der Waals surface area contributed by atoms with Gasteiger partial charge in [-0.1, -0.05) is 29.7 Å². The fraction of sp³-hybridized carbons (Fsp3) is 0.522. The summed E-state index contributed by atoms with van der Waals surface area (Å²) in [4.78, 5) is 13.1. The van der Waals surface area contributed by atoms with Crippen LogP contribution in [0.3, 0.4) is 0 Å². The fourth-order valence-corrected chi connectivity index (χ4v) is 4.05. The molecule has 0 aromatic rings. The molecular formula is C23H31NO2. The van der Waals surface area contributed by atoms with E-state index in [-0.39, 0.29) is 5.91 Å². The third kappa shape index (κ3) is 5.39. The average Bonchev–Trinajstić information content (AvgIpc) is 2.49. The highest BCUT2D eigenvalue weighted by Gasteiger charge is 2.29. The molecule has 1 aliphatic carbocycles. The third-order valence-corrected chi connectivity index (χ3v) is 5.49. The first kappa shape index (κ1) is 20.1. The Morgan fingerprint density at radius 2 is 2.12 bits per heavy atom. The van der Waals surface area contributed by atoms with Gasteiger partial charge >= 0.3 is 0 Å². The van der Waals surface area contributed by atoms with E-state index < -0.39 is 0 Å². The molecule has 0 bridgehead atoms. The Morgan fingerprint density at radius 1 is 1.42 bits per heavy atom. The molecule has 1 saturated heterocycles. The van der Waals surface area contributed by atoms with E-state index in [0.717, 1.165) is 37.9 Å². The first-order valence-corrected chi connectivity index (χ1v) is 9.43. The molecule has 2 atom stereocenters. The number of carbonyl (C=O) groups excluding carboxylic acids is 1. The number of aliphatic hydroxyl groups is 1. The smallest absolute Gasteiger partial charge is 0.219 e. The van der Waals surface area contributed by atoms with Crippen LogP contribution < -0.4 is 0 Å². The lowest BCUT2D eigenvalue weighted by molar-refractivity contribution is -0.134. The van der Waals surface area contributed by atoms with E-state index >= 15 is 0 Å². The van der Waals surface area contributed by atoms with Crippen LogP contribution in [0.25, 0.3) is 0 Å². The number of allylic oxidation sites excluding steroid dienone is 7. The van der Waals surface area contributed by atoms with Crippen molar-refractivity contribution in [1.29, 1.82) is 0 Å². The van der Waals surface area contributed by atoms with Crippen molar-refractivity contribution in [2.45, 2.75) is 46.5 Å².